The number of allylic oxidation sites excluding steroid dienone is 2. The van der Waals surface area contributed by atoms with E-state index in [1.165, 1.54) is 6.07 Å². The summed E-state index contributed by atoms with van der Waals surface area (Å²) in [6.45, 7) is 0.626. The van der Waals surface area contributed by atoms with Gasteiger partial charge in [0.15, 0.2) is 17.2 Å². The van der Waals surface area contributed by atoms with Crippen molar-refractivity contribution in [3.05, 3.63) is 46.4 Å². The van der Waals surface area contributed by atoms with Crippen molar-refractivity contribution >= 4 is 28.9 Å². The van der Waals surface area contributed by atoms with Crippen molar-refractivity contribution in [3.8, 4) is 5.75 Å². The Bertz CT molecular complexity index is 644. The van der Waals surface area contributed by atoms with Gasteiger partial charge in [-0.05, 0) is 18.2 Å². The second-order valence-electron chi connectivity index (χ2n) is 5.21. The quantitative estimate of drug-likeness (QED) is 0.880. The highest BCUT2D eigenvalue weighted by atomic mass is 35.5. The molecule has 1 aromatic carbocycles. The maximum atomic E-state index is 14.1. The zero-order valence-electron chi connectivity index (χ0n) is 11.8. The van der Waals surface area contributed by atoms with Crippen LogP contribution in [-0.2, 0) is 4.74 Å². The third-order valence-electron chi connectivity index (χ3n) is 3.69. The predicted molar refractivity (Wildman–Crippen MR) is 84.9 cm³/mol. The van der Waals surface area contributed by atoms with Gasteiger partial charge in [-0.3, -0.25) is 0 Å². The van der Waals surface area contributed by atoms with E-state index in [0.717, 1.165) is 0 Å². The SMILES string of the molecule is CNc1ccc(OC2(C3NC=C(Cl)C=C3Cl)COC2)c(F)c1. The topological polar surface area (TPSA) is 42.5 Å². The number of benzene rings is 1. The van der Waals surface area contributed by atoms with E-state index in [0.29, 0.717) is 29.0 Å². The molecule has 4 nitrogen and oxygen atoms in total. The molecule has 0 saturated carbocycles. The molecular formula is C15H15Cl2FN2O2. The summed E-state index contributed by atoms with van der Waals surface area (Å²) in [5.41, 5.74) is -0.0869. The lowest BCUT2D eigenvalue weighted by Crippen LogP contribution is -2.66. The fourth-order valence-electron chi connectivity index (χ4n) is 2.45. The van der Waals surface area contributed by atoms with Crippen LogP contribution in [0.5, 0.6) is 5.75 Å². The summed E-state index contributed by atoms with van der Waals surface area (Å²) in [5, 5.41) is 6.97. The molecule has 7 heteroatoms. The smallest absolute Gasteiger partial charge is 0.180 e. The van der Waals surface area contributed by atoms with Crippen molar-refractivity contribution in [2.45, 2.75) is 11.6 Å². The fourth-order valence-corrected chi connectivity index (χ4v) is 3.06. The molecule has 0 spiro atoms. The fraction of sp³-hybridized carbons (Fsp3) is 0.333. The Morgan fingerprint density at radius 1 is 1.41 bits per heavy atom. The Balaban J connectivity index is 1.84. The molecule has 0 bridgehead atoms. The van der Waals surface area contributed by atoms with E-state index < -0.39 is 11.4 Å². The number of anilines is 1. The summed E-state index contributed by atoms with van der Waals surface area (Å²) in [7, 11) is 1.73. The Labute approximate surface area is 137 Å². The Kier molecular flexibility index (Phi) is 4.21. The molecule has 1 atom stereocenters. The van der Waals surface area contributed by atoms with Gasteiger partial charge in [0.1, 0.15) is 6.04 Å². The molecule has 0 aliphatic carbocycles. The average Bonchev–Trinajstić information content (AvgIpc) is 2.45. The maximum absolute atomic E-state index is 14.1. The first kappa shape index (κ1) is 15.5. The number of hydrogen-bond donors (Lipinski definition) is 2. The largest absolute Gasteiger partial charge is 0.477 e. The first-order valence-electron chi connectivity index (χ1n) is 6.77. The van der Waals surface area contributed by atoms with Gasteiger partial charge in [0, 0.05) is 30.0 Å². The monoisotopic (exact) mass is 344 g/mol. The van der Waals surface area contributed by atoms with Crippen LogP contribution in [0.4, 0.5) is 10.1 Å². The lowest BCUT2D eigenvalue weighted by Gasteiger charge is -2.47. The van der Waals surface area contributed by atoms with Gasteiger partial charge in [-0.2, -0.15) is 0 Å². The van der Waals surface area contributed by atoms with Crippen molar-refractivity contribution in [3.63, 3.8) is 0 Å². The first-order valence-corrected chi connectivity index (χ1v) is 7.52. The Morgan fingerprint density at radius 3 is 2.73 bits per heavy atom. The van der Waals surface area contributed by atoms with Gasteiger partial charge in [0.2, 0.25) is 0 Å². The molecule has 0 amide bonds. The summed E-state index contributed by atoms with van der Waals surface area (Å²) in [6.07, 6.45) is 3.29. The molecular weight excluding hydrogens is 330 g/mol. The summed E-state index contributed by atoms with van der Waals surface area (Å²) < 4.78 is 25.4. The number of rotatable bonds is 4. The molecule has 118 valence electrons. The number of halogens is 3. The van der Waals surface area contributed by atoms with Crippen molar-refractivity contribution in [1.82, 2.24) is 5.32 Å². The summed E-state index contributed by atoms with van der Waals surface area (Å²) in [5.74, 6) is -0.281. The van der Waals surface area contributed by atoms with Gasteiger partial charge in [-0.25, -0.2) is 4.39 Å². The van der Waals surface area contributed by atoms with Crippen LogP contribution in [0.1, 0.15) is 0 Å². The molecule has 3 rings (SSSR count). The van der Waals surface area contributed by atoms with E-state index in [2.05, 4.69) is 10.6 Å². The molecule has 2 aliphatic heterocycles. The van der Waals surface area contributed by atoms with Crippen molar-refractivity contribution < 1.29 is 13.9 Å². The average molecular weight is 345 g/mol. The molecule has 0 aromatic heterocycles. The van der Waals surface area contributed by atoms with Gasteiger partial charge >= 0.3 is 0 Å². The second-order valence-corrected chi connectivity index (χ2v) is 6.09. The third kappa shape index (κ3) is 2.76. The molecule has 2 heterocycles. The van der Waals surface area contributed by atoms with E-state index in [-0.39, 0.29) is 11.8 Å². The lowest BCUT2D eigenvalue weighted by molar-refractivity contribution is -0.171. The van der Waals surface area contributed by atoms with E-state index in [9.17, 15) is 4.39 Å². The van der Waals surface area contributed by atoms with Crippen LogP contribution in [0.25, 0.3) is 0 Å². The summed E-state index contributed by atoms with van der Waals surface area (Å²) >= 11 is 12.2. The van der Waals surface area contributed by atoms with E-state index in [1.807, 2.05) is 0 Å². The minimum Gasteiger partial charge on any atom is -0.477 e. The minimum atomic E-state index is -0.760. The third-order valence-corrected chi connectivity index (χ3v) is 4.24. The van der Waals surface area contributed by atoms with E-state index in [1.54, 1.807) is 31.5 Å². The van der Waals surface area contributed by atoms with Crippen LogP contribution in [0.15, 0.2) is 40.5 Å². The molecule has 22 heavy (non-hydrogen) atoms. The molecule has 0 radical (unpaired) electrons. The highest BCUT2D eigenvalue weighted by molar-refractivity contribution is 6.35. The van der Waals surface area contributed by atoms with Crippen molar-refractivity contribution in [2.75, 3.05) is 25.6 Å². The standard InChI is InChI=1S/C15H15Cl2FN2O2/c1-19-10-2-3-13(12(18)5-10)22-15(7-21-8-15)14-11(17)4-9(16)6-20-14/h2-6,14,19-20H,7-8H2,1H3. The van der Waals surface area contributed by atoms with Gasteiger partial charge in [-0.15, -0.1) is 0 Å². The predicted octanol–water partition coefficient (Wildman–Crippen LogP) is 3.19. The zero-order chi connectivity index (χ0) is 15.7. The summed E-state index contributed by atoms with van der Waals surface area (Å²) in [4.78, 5) is 0. The van der Waals surface area contributed by atoms with Crippen LogP contribution in [0.3, 0.4) is 0 Å². The minimum absolute atomic E-state index is 0.161. The van der Waals surface area contributed by atoms with Crippen LogP contribution in [0, 0.1) is 5.82 Å². The van der Waals surface area contributed by atoms with Crippen molar-refractivity contribution in [2.24, 2.45) is 0 Å². The second kappa shape index (κ2) is 5.99. The molecule has 1 unspecified atom stereocenters. The molecule has 2 aliphatic rings. The van der Waals surface area contributed by atoms with E-state index >= 15 is 0 Å². The normalized spacial score (nSPS) is 22.8. The lowest BCUT2D eigenvalue weighted by atomic mass is 9.90. The van der Waals surface area contributed by atoms with Gasteiger partial charge in [-0.1, -0.05) is 23.2 Å². The maximum Gasteiger partial charge on any atom is 0.180 e. The Morgan fingerprint density at radius 2 is 2.18 bits per heavy atom. The van der Waals surface area contributed by atoms with Gasteiger partial charge < -0.3 is 20.1 Å². The molecule has 1 fully saturated rings. The first-order chi connectivity index (χ1) is 10.5. The van der Waals surface area contributed by atoms with Crippen LogP contribution < -0.4 is 15.4 Å². The Hall–Kier alpha value is -1.43. The summed E-state index contributed by atoms with van der Waals surface area (Å²) in [6, 6.07) is 4.37. The van der Waals surface area contributed by atoms with Crippen molar-refractivity contribution in [1.29, 1.82) is 0 Å². The number of hydrogen-bond acceptors (Lipinski definition) is 4. The van der Waals surface area contributed by atoms with Gasteiger partial charge in [0.25, 0.3) is 0 Å². The molecule has 1 saturated heterocycles. The van der Waals surface area contributed by atoms with E-state index in [4.69, 9.17) is 32.7 Å². The highest BCUT2D eigenvalue weighted by Crippen LogP contribution is 2.36. The van der Waals surface area contributed by atoms with Crippen LogP contribution >= 0.6 is 23.2 Å². The number of dihydropyridines is 1. The van der Waals surface area contributed by atoms with Gasteiger partial charge in [0.05, 0.1) is 18.2 Å². The molecule has 1 aromatic rings. The van der Waals surface area contributed by atoms with Crippen LogP contribution in [-0.4, -0.2) is 31.9 Å². The number of ether oxygens (including phenoxy) is 2. The zero-order valence-corrected chi connectivity index (χ0v) is 13.3. The van der Waals surface area contributed by atoms with Crippen LogP contribution in [0.2, 0.25) is 0 Å². The highest BCUT2D eigenvalue weighted by Gasteiger charge is 2.50. The molecule has 2 N–H and O–H groups in total. The number of nitrogens with one attached hydrogen (secondary N) is 2.